The molecule has 4 aromatic rings. The van der Waals surface area contributed by atoms with Crippen molar-refractivity contribution in [2.75, 3.05) is 37.0 Å². The van der Waals surface area contributed by atoms with Crippen molar-refractivity contribution in [1.82, 2.24) is 29.9 Å². The number of rotatable bonds is 11. The van der Waals surface area contributed by atoms with Crippen LogP contribution in [0.2, 0.25) is 0 Å². The highest BCUT2D eigenvalue weighted by atomic mass is 19.4. The molecular weight excluding hydrogens is 588 g/mol. The maximum atomic E-state index is 13.9. The van der Waals surface area contributed by atoms with E-state index in [-0.39, 0.29) is 31.6 Å². The fraction of sp³-hybridized carbons (Fsp3) is 0.429. The summed E-state index contributed by atoms with van der Waals surface area (Å²) in [5.41, 5.74) is -2.46. The van der Waals surface area contributed by atoms with Crippen LogP contribution in [0, 0.1) is 5.82 Å². The maximum Gasteiger partial charge on any atom is 0.423 e. The second kappa shape index (κ2) is 13.4. The van der Waals surface area contributed by atoms with Gasteiger partial charge in [0.1, 0.15) is 17.9 Å². The van der Waals surface area contributed by atoms with Gasteiger partial charge in [-0.25, -0.2) is 19.0 Å². The largest absolute Gasteiger partial charge is 0.497 e. The van der Waals surface area contributed by atoms with Crippen molar-refractivity contribution in [2.45, 2.75) is 51.1 Å². The number of aromatic nitrogens is 6. The zero-order valence-electron chi connectivity index (χ0n) is 23.9. The Morgan fingerprint density at radius 2 is 1.82 bits per heavy atom. The third kappa shape index (κ3) is 7.48. The fourth-order valence-corrected chi connectivity index (χ4v) is 4.82. The van der Waals surface area contributed by atoms with Crippen LogP contribution >= 0.6 is 0 Å². The standard InChI is InChI=1S/C28H30F4N8O4/c1-17(36-22-13-35-40(26(41)24(22)28(30,31)32)14-18-3-5-21(42-2)6-4-18)15-43-16-23-37-25(38-44-23)19-7-9-39(10-8-19)27-33-11-20(29)12-34-27/h3-6,11-13,17,19,36H,7-10,14-16H2,1-2H3. The lowest BCUT2D eigenvalue weighted by Crippen LogP contribution is -2.34. The van der Waals surface area contributed by atoms with E-state index in [1.807, 2.05) is 4.90 Å². The first-order valence-corrected chi connectivity index (χ1v) is 13.8. The summed E-state index contributed by atoms with van der Waals surface area (Å²) in [4.78, 5) is 27.2. The van der Waals surface area contributed by atoms with Crippen molar-refractivity contribution in [3.63, 3.8) is 0 Å². The summed E-state index contributed by atoms with van der Waals surface area (Å²) in [6.45, 7) is 2.69. The summed E-state index contributed by atoms with van der Waals surface area (Å²) in [5, 5.41) is 10.7. The third-order valence-corrected chi connectivity index (χ3v) is 7.05. The Labute approximate surface area is 249 Å². The van der Waals surface area contributed by atoms with E-state index >= 15 is 0 Å². The van der Waals surface area contributed by atoms with E-state index in [1.54, 1.807) is 31.2 Å². The minimum absolute atomic E-state index is 0.0139. The number of piperidine rings is 1. The molecule has 1 N–H and O–H groups in total. The smallest absolute Gasteiger partial charge is 0.423 e. The van der Waals surface area contributed by atoms with E-state index in [0.29, 0.717) is 36.2 Å². The lowest BCUT2D eigenvalue weighted by Gasteiger charge is -2.30. The van der Waals surface area contributed by atoms with Crippen LogP contribution in [0.3, 0.4) is 0 Å². The molecule has 1 saturated heterocycles. The maximum absolute atomic E-state index is 13.9. The molecule has 1 fully saturated rings. The van der Waals surface area contributed by atoms with Crippen molar-refractivity contribution >= 4 is 11.6 Å². The molecule has 0 amide bonds. The number of anilines is 2. The van der Waals surface area contributed by atoms with Gasteiger partial charge in [-0.15, -0.1) is 0 Å². The number of alkyl halides is 3. The van der Waals surface area contributed by atoms with Gasteiger partial charge in [0.15, 0.2) is 11.6 Å². The molecule has 234 valence electrons. The summed E-state index contributed by atoms with van der Waals surface area (Å²) in [5.74, 6) is 1.36. The Morgan fingerprint density at radius 3 is 2.48 bits per heavy atom. The first-order valence-electron chi connectivity index (χ1n) is 13.8. The summed E-state index contributed by atoms with van der Waals surface area (Å²) in [6, 6.07) is 5.97. The quantitative estimate of drug-likeness (QED) is 0.244. The van der Waals surface area contributed by atoms with Crippen LogP contribution in [0.25, 0.3) is 0 Å². The Kier molecular flexibility index (Phi) is 9.37. The molecule has 16 heteroatoms. The zero-order valence-corrected chi connectivity index (χ0v) is 23.9. The number of benzene rings is 1. The minimum atomic E-state index is -4.91. The minimum Gasteiger partial charge on any atom is -0.497 e. The van der Waals surface area contributed by atoms with Crippen LogP contribution < -0.4 is 20.5 Å². The van der Waals surface area contributed by atoms with Crippen molar-refractivity contribution in [3.8, 4) is 5.75 Å². The highest BCUT2D eigenvalue weighted by Crippen LogP contribution is 2.32. The molecule has 44 heavy (non-hydrogen) atoms. The fourth-order valence-electron chi connectivity index (χ4n) is 4.82. The van der Waals surface area contributed by atoms with Gasteiger partial charge in [0, 0.05) is 25.0 Å². The SMILES string of the molecule is COc1ccc(Cn2ncc(NC(C)COCc3nc(C4CCN(c5ncc(F)cn5)CC4)no3)c(C(F)(F)F)c2=O)cc1. The van der Waals surface area contributed by atoms with Crippen molar-refractivity contribution in [1.29, 1.82) is 0 Å². The van der Waals surface area contributed by atoms with Gasteiger partial charge >= 0.3 is 6.18 Å². The molecule has 0 bridgehead atoms. The molecule has 3 aromatic heterocycles. The number of ether oxygens (including phenoxy) is 2. The molecule has 12 nitrogen and oxygen atoms in total. The second-order valence-corrected chi connectivity index (χ2v) is 10.3. The summed E-state index contributed by atoms with van der Waals surface area (Å²) in [6.07, 6.45) is -0.228. The lowest BCUT2D eigenvalue weighted by molar-refractivity contribution is -0.138. The molecule has 1 aromatic carbocycles. The van der Waals surface area contributed by atoms with Crippen molar-refractivity contribution in [2.24, 2.45) is 0 Å². The molecule has 0 spiro atoms. The van der Waals surface area contributed by atoms with E-state index in [1.165, 1.54) is 7.11 Å². The molecule has 1 atom stereocenters. The van der Waals surface area contributed by atoms with Crippen LogP contribution in [0.1, 0.15) is 48.5 Å². The summed E-state index contributed by atoms with van der Waals surface area (Å²) in [7, 11) is 1.50. The van der Waals surface area contributed by atoms with E-state index in [4.69, 9.17) is 14.0 Å². The molecule has 1 aliphatic rings. The van der Waals surface area contributed by atoms with Crippen LogP contribution in [0.15, 0.2) is 52.2 Å². The molecule has 1 aliphatic heterocycles. The first-order chi connectivity index (χ1) is 21.1. The van der Waals surface area contributed by atoms with Crippen molar-refractivity contribution < 1.29 is 31.6 Å². The first kappa shape index (κ1) is 30.8. The molecule has 4 heterocycles. The van der Waals surface area contributed by atoms with Gasteiger partial charge in [-0.05, 0) is 37.5 Å². The summed E-state index contributed by atoms with van der Waals surface area (Å²) < 4.78 is 71.7. The van der Waals surface area contributed by atoms with Crippen molar-refractivity contribution in [3.05, 3.63) is 81.9 Å². The van der Waals surface area contributed by atoms with Gasteiger partial charge in [-0.2, -0.15) is 23.3 Å². The van der Waals surface area contributed by atoms with E-state index < -0.39 is 34.8 Å². The molecule has 0 saturated carbocycles. The molecule has 1 unspecified atom stereocenters. The van der Waals surface area contributed by atoms with Crippen LogP contribution in [0.5, 0.6) is 5.75 Å². The average Bonchev–Trinajstić information content (AvgIpc) is 3.48. The van der Waals surface area contributed by atoms with Crippen LogP contribution in [0.4, 0.5) is 29.2 Å². The average molecular weight is 619 g/mol. The third-order valence-electron chi connectivity index (χ3n) is 7.05. The second-order valence-electron chi connectivity index (χ2n) is 10.3. The van der Waals surface area contributed by atoms with E-state index in [0.717, 1.165) is 36.1 Å². The Morgan fingerprint density at radius 1 is 1.11 bits per heavy atom. The highest BCUT2D eigenvalue weighted by Gasteiger charge is 2.38. The number of nitrogens with zero attached hydrogens (tertiary/aromatic N) is 7. The van der Waals surface area contributed by atoms with Crippen LogP contribution in [-0.4, -0.2) is 62.7 Å². The number of hydrogen-bond donors (Lipinski definition) is 1. The predicted octanol–water partition coefficient (Wildman–Crippen LogP) is 4.03. The Bertz CT molecular complexity index is 1590. The van der Waals surface area contributed by atoms with Gasteiger partial charge in [0.2, 0.25) is 5.95 Å². The Hall–Kier alpha value is -4.60. The lowest BCUT2D eigenvalue weighted by atomic mass is 9.96. The molecule has 5 rings (SSSR count). The number of methoxy groups -OCH3 is 1. The number of halogens is 4. The van der Waals surface area contributed by atoms with Gasteiger partial charge < -0.3 is 24.2 Å². The number of hydrogen-bond acceptors (Lipinski definition) is 11. The molecular formula is C28H30F4N8O4. The molecule has 0 radical (unpaired) electrons. The predicted molar refractivity (Wildman–Crippen MR) is 149 cm³/mol. The highest BCUT2D eigenvalue weighted by molar-refractivity contribution is 5.50. The van der Waals surface area contributed by atoms with Gasteiger partial charge in [-0.3, -0.25) is 4.79 Å². The van der Waals surface area contributed by atoms with Gasteiger partial charge in [0.25, 0.3) is 11.4 Å². The van der Waals surface area contributed by atoms with Crippen LogP contribution in [-0.2, 0) is 24.1 Å². The normalized spacial score (nSPS) is 14.9. The topological polar surface area (TPSA) is 133 Å². The number of nitrogens with one attached hydrogen (secondary N) is 1. The monoisotopic (exact) mass is 618 g/mol. The Balaban J connectivity index is 1.14. The zero-order chi connectivity index (χ0) is 31.3. The van der Waals surface area contributed by atoms with E-state index in [9.17, 15) is 22.4 Å². The van der Waals surface area contributed by atoms with Gasteiger partial charge in [0.05, 0.1) is 44.5 Å². The van der Waals surface area contributed by atoms with Gasteiger partial charge in [-0.1, -0.05) is 17.3 Å². The molecule has 0 aliphatic carbocycles. The summed E-state index contributed by atoms with van der Waals surface area (Å²) >= 11 is 0. The van der Waals surface area contributed by atoms with E-state index in [2.05, 4.69) is 30.5 Å².